The van der Waals surface area contributed by atoms with Gasteiger partial charge in [0.05, 0.1) is 35.1 Å². The zero-order valence-electron chi connectivity index (χ0n) is 21.4. The molecule has 4 aromatic rings. The Kier molecular flexibility index (Phi) is 9.71. The maximum absolute atomic E-state index is 13.5. The lowest BCUT2D eigenvalue weighted by Crippen LogP contribution is -2.53. The van der Waals surface area contributed by atoms with Crippen molar-refractivity contribution in [3.8, 4) is 9.88 Å². The average Bonchev–Trinajstić information content (AvgIpc) is 3.65. The molecular weight excluding hydrogens is 552 g/mol. The molecule has 2 aromatic heterocycles. The Morgan fingerprint density at radius 1 is 0.925 bits per heavy atom. The Morgan fingerprint density at radius 2 is 1.62 bits per heavy atom. The molecule has 2 atom stereocenters. The maximum Gasteiger partial charge on any atom is 0.407 e. The number of aromatic nitrogens is 1. The molecule has 206 valence electrons. The first-order valence-corrected chi connectivity index (χ1v) is 14.0. The van der Waals surface area contributed by atoms with E-state index in [2.05, 4.69) is 15.6 Å². The number of methoxy groups -OCH3 is 1. The van der Waals surface area contributed by atoms with Crippen LogP contribution in [0.3, 0.4) is 0 Å². The number of non-ortho nitro benzene ring substituents is 1. The normalized spacial score (nSPS) is 12.2. The Morgan fingerprint density at radius 3 is 2.27 bits per heavy atom. The van der Waals surface area contributed by atoms with E-state index in [0.29, 0.717) is 11.3 Å². The van der Waals surface area contributed by atoms with Gasteiger partial charge in [0, 0.05) is 23.9 Å². The zero-order chi connectivity index (χ0) is 28.5. The second kappa shape index (κ2) is 13.6. The van der Waals surface area contributed by atoms with Gasteiger partial charge in [0.2, 0.25) is 5.91 Å². The number of thiophene rings is 1. The fourth-order valence-electron chi connectivity index (χ4n) is 3.97. The van der Waals surface area contributed by atoms with E-state index in [1.54, 1.807) is 23.5 Å². The van der Waals surface area contributed by atoms with E-state index in [1.807, 2.05) is 53.2 Å². The molecule has 0 fully saturated rings. The van der Waals surface area contributed by atoms with E-state index in [-0.39, 0.29) is 30.7 Å². The summed E-state index contributed by atoms with van der Waals surface area (Å²) < 4.78 is 4.70. The summed E-state index contributed by atoms with van der Waals surface area (Å²) in [7, 11) is 1.20. The zero-order valence-corrected chi connectivity index (χ0v) is 23.1. The number of rotatable bonds is 12. The summed E-state index contributed by atoms with van der Waals surface area (Å²) in [5, 5.41) is 21.0. The minimum atomic E-state index is -1.01. The van der Waals surface area contributed by atoms with E-state index < -0.39 is 29.0 Å². The Hall–Kier alpha value is -4.42. The van der Waals surface area contributed by atoms with Crippen molar-refractivity contribution in [2.45, 2.75) is 31.3 Å². The van der Waals surface area contributed by atoms with Crippen LogP contribution in [0.1, 0.15) is 16.8 Å². The van der Waals surface area contributed by atoms with Crippen LogP contribution in [0.15, 0.2) is 77.5 Å². The number of carbonyl (C=O) groups is 3. The number of nitrogens with one attached hydrogen (secondary N) is 2. The SMILES string of the molecule is COC(=O)N[C@@H](Cc1ccccc1)C(=O)N[C@H](Cc1ccc([N+](=O)[O-])cc1)C(=O)Cc1csc(-c2cccs2)n1. The first-order chi connectivity index (χ1) is 19.3. The topological polar surface area (TPSA) is 141 Å². The number of nitro benzene ring substituents is 1. The second-order valence-corrected chi connectivity index (χ2v) is 10.6. The molecule has 0 aliphatic carbocycles. The maximum atomic E-state index is 13.5. The number of hydrogen-bond acceptors (Lipinski definition) is 9. The van der Waals surface area contributed by atoms with E-state index >= 15 is 0 Å². The molecule has 0 saturated heterocycles. The summed E-state index contributed by atoms with van der Waals surface area (Å²) in [5.41, 5.74) is 1.93. The van der Waals surface area contributed by atoms with Crippen molar-refractivity contribution < 1.29 is 24.0 Å². The van der Waals surface area contributed by atoms with Crippen molar-refractivity contribution in [2.24, 2.45) is 0 Å². The summed E-state index contributed by atoms with van der Waals surface area (Å²) in [6.07, 6.45) is -0.525. The molecule has 10 nitrogen and oxygen atoms in total. The van der Waals surface area contributed by atoms with E-state index in [9.17, 15) is 24.5 Å². The fourth-order valence-corrected chi connectivity index (χ4v) is 5.60. The number of ether oxygens (including phenoxy) is 1. The molecule has 2 amide bonds. The van der Waals surface area contributed by atoms with Crippen LogP contribution in [-0.4, -0.2) is 46.9 Å². The predicted molar refractivity (Wildman–Crippen MR) is 152 cm³/mol. The summed E-state index contributed by atoms with van der Waals surface area (Å²) in [6.45, 7) is 0. The summed E-state index contributed by atoms with van der Waals surface area (Å²) in [6, 6.07) is 16.8. The van der Waals surface area contributed by atoms with Crippen molar-refractivity contribution in [3.05, 3.63) is 104 Å². The summed E-state index contributed by atoms with van der Waals surface area (Å²) >= 11 is 2.98. The lowest BCUT2D eigenvalue weighted by atomic mass is 9.98. The van der Waals surface area contributed by atoms with Gasteiger partial charge in [-0.25, -0.2) is 9.78 Å². The predicted octanol–water partition coefficient (Wildman–Crippen LogP) is 4.59. The first kappa shape index (κ1) is 28.6. The molecule has 2 N–H and O–H groups in total. The monoisotopic (exact) mass is 578 g/mol. The third-order valence-electron chi connectivity index (χ3n) is 6.01. The Bertz CT molecular complexity index is 1460. The Labute approximate surface area is 238 Å². The number of carbonyl (C=O) groups excluding carboxylic acids is 3. The minimum absolute atomic E-state index is 0.0203. The molecule has 4 rings (SSSR count). The molecule has 0 unspecified atom stereocenters. The third-order valence-corrected chi connectivity index (χ3v) is 7.94. The van der Waals surface area contributed by atoms with Crippen molar-refractivity contribution >= 4 is 46.1 Å². The van der Waals surface area contributed by atoms with Crippen molar-refractivity contribution in [1.82, 2.24) is 15.6 Å². The summed E-state index contributed by atoms with van der Waals surface area (Å²) in [4.78, 5) is 55.1. The van der Waals surface area contributed by atoms with E-state index in [4.69, 9.17) is 4.74 Å². The smallest absolute Gasteiger partial charge is 0.407 e. The molecular formula is C28H26N4O6S2. The van der Waals surface area contributed by atoms with Crippen LogP contribution in [0.25, 0.3) is 9.88 Å². The van der Waals surface area contributed by atoms with Gasteiger partial charge in [-0.15, -0.1) is 22.7 Å². The molecule has 2 heterocycles. The molecule has 0 aliphatic heterocycles. The van der Waals surface area contributed by atoms with Crippen molar-refractivity contribution in [3.63, 3.8) is 0 Å². The number of benzene rings is 2. The van der Waals surface area contributed by atoms with Crippen LogP contribution in [0, 0.1) is 10.1 Å². The molecule has 0 radical (unpaired) electrons. The fraction of sp³-hybridized carbons (Fsp3) is 0.214. The van der Waals surface area contributed by atoms with Crippen molar-refractivity contribution in [2.75, 3.05) is 7.11 Å². The van der Waals surface area contributed by atoms with Gasteiger partial charge in [-0.3, -0.25) is 19.7 Å². The largest absolute Gasteiger partial charge is 0.453 e. The molecule has 40 heavy (non-hydrogen) atoms. The highest BCUT2D eigenvalue weighted by Crippen LogP contribution is 2.28. The van der Waals surface area contributed by atoms with Crippen LogP contribution >= 0.6 is 22.7 Å². The molecule has 2 aromatic carbocycles. The number of Topliss-reactive ketones (excluding diaryl/α,β-unsaturated/α-hetero) is 1. The molecule has 0 bridgehead atoms. The van der Waals surface area contributed by atoms with E-state index in [1.165, 1.54) is 30.6 Å². The number of ketones is 1. The number of nitro groups is 1. The molecule has 0 spiro atoms. The van der Waals surface area contributed by atoms with Gasteiger partial charge in [-0.2, -0.15) is 0 Å². The number of amides is 2. The average molecular weight is 579 g/mol. The third kappa shape index (κ3) is 7.80. The molecule has 0 saturated carbocycles. The van der Waals surface area contributed by atoms with Gasteiger partial charge in [-0.1, -0.05) is 48.5 Å². The Balaban J connectivity index is 1.55. The van der Waals surface area contributed by atoms with Crippen molar-refractivity contribution in [1.29, 1.82) is 0 Å². The molecule has 0 aliphatic rings. The van der Waals surface area contributed by atoms with Gasteiger partial charge in [-0.05, 0) is 29.0 Å². The second-order valence-electron chi connectivity index (χ2n) is 8.83. The number of alkyl carbamates (subject to hydrolysis) is 1. The van der Waals surface area contributed by atoms with Crippen LogP contribution in [0.4, 0.5) is 10.5 Å². The number of thiazole rings is 1. The van der Waals surface area contributed by atoms with Crippen LogP contribution < -0.4 is 10.6 Å². The van der Waals surface area contributed by atoms with Crippen LogP contribution in [-0.2, 0) is 33.6 Å². The van der Waals surface area contributed by atoms with Gasteiger partial charge < -0.3 is 15.4 Å². The number of nitrogens with zero attached hydrogens (tertiary/aromatic N) is 2. The standard InChI is InChI=1S/C28H26N4O6S2/c1-38-28(35)31-23(15-18-6-3-2-4-7-18)26(34)30-22(14-19-9-11-21(12-10-19)32(36)37)24(33)16-20-17-40-27(29-20)25-8-5-13-39-25/h2-13,17,22-23H,14-16H2,1H3,(H,30,34)(H,31,35)/t22-,23+/m1/s1. The summed E-state index contributed by atoms with van der Waals surface area (Å²) in [5.74, 6) is -0.849. The van der Waals surface area contributed by atoms with Crippen LogP contribution in [0.5, 0.6) is 0 Å². The van der Waals surface area contributed by atoms with Crippen LogP contribution in [0.2, 0.25) is 0 Å². The lowest BCUT2D eigenvalue weighted by Gasteiger charge is -2.23. The highest BCUT2D eigenvalue weighted by molar-refractivity contribution is 7.20. The van der Waals surface area contributed by atoms with E-state index in [0.717, 1.165) is 15.4 Å². The first-order valence-electron chi connectivity index (χ1n) is 12.3. The van der Waals surface area contributed by atoms with Gasteiger partial charge >= 0.3 is 6.09 Å². The van der Waals surface area contributed by atoms with Gasteiger partial charge in [0.15, 0.2) is 5.78 Å². The quantitative estimate of drug-likeness (QED) is 0.185. The lowest BCUT2D eigenvalue weighted by molar-refractivity contribution is -0.384. The van der Waals surface area contributed by atoms with Gasteiger partial charge in [0.25, 0.3) is 5.69 Å². The molecule has 12 heteroatoms. The highest BCUT2D eigenvalue weighted by atomic mass is 32.1. The highest BCUT2D eigenvalue weighted by Gasteiger charge is 2.28. The minimum Gasteiger partial charge on any atom is -0.453 e. The van der Waals surface area contributed by atoms with Gasteiger partial charge in [0.1, 0.15) is 11.0 Å². The number of hydrogen-bond donors (Lipinski definition) is 2.